The Morgan fingerprint density at radius 1 is 1.19 bits per heavy atom. The Hall–Kier alpha value is -1.23. The number of nitrogens with zero attached hydrogens (tertiary/aromatic N) is 4. The van der Waals surface area contributed by atoms with Crippen molar-refractivity contribution in [2.24, 2.45) is 5.92 Å². The van der Waals surface area contributed by atoms with Crippen LogP contribution in [0.25, 0.3) is 0 Å². The van der Waals surface area contributed by atoms with E-state index in [9.17, 15) is 0 Å². The van der Waals surface area contributed by atoms with Crippen molar-refractivity contribution in [1.82, 2.24) is 20.5 Å². The molecule has 1 fully saturated rings. The Bertz CT molecular complexity index is 446. The molecule has 5 heteroatoms. The van der Waals surface area contributed by atoms with Gasteiger partial charge in [-0.15, -0.1) is 5.10 Å². The molecule has 1 aliphatic rings. The van der Waals surface area contributed by atoms with Gasteiger partial charge in [-0.2, -0.15) is 5.10 Å². The van der Waals surface area contributed by atoms with E-state index in [4.69, 9.17) is 4.98 Å². The summed E-state index contributed by atoms with van der Waals surface area (Å²) < 4.78 is 0. The third kappa shape index (κ3) is 4.13. The third-order valence-corrected chi connectivity index (χ3v) is 4.06. The Balaban J connectivity index is 2.05. The summed E-state index contributed by atoms with van der Waals surface area (Å²) in [7, 11) is 0. The zero-order chi connectivity index (χ0) is 15.2. The summed E-state index contributed by atoms with van der Waals surface area (Å²) in [5.74, 6) is 1.51. The fourth-order valence-corrected chi connectivity index (χ4v) is 2.90. The molecule has 1 aromatic rings. The van der Waals surface area contributed by atoms with Crippen molar-refractivity contribution >= 4 is 5.95 Å². The lowest BCUT2D eigenvalue weighted by atomic mass is 10.2. The van der Waals surface area contributed by atoms with Crippen LogP contribution in [-0.2, 0) is 12.8 Å². The molecule has 1 aromatic heterocycles. The van der Waals surface area contributed by atoms with Crippen LogP contribution in [-0.4, -0.2) is 40.9 Å². The predicted octanol–water partition coefficient (Wildman–Crippen LogP) is 2.21. The Morgan fingerprint density at radius 3 is 2.62 bits per heavy atom. The summed E-state index contributed by atoms with van der Waals surface area (Å²) in [5, 5.41) is 12.3. The number of aryl methyl sites for hydroxylation is 2. The molecule has 2 rings (SSSR count). The van der Waals surface area contributed by atoms with E-state index in [0.29, 0.717) is 12.0 Å². The van der Waals surface area contributed by atoms with Crippen molar-refractivity contribution in [3.8, 4) is 0 Å². The summed E-state index contributed by atoms with van der Waals surface area (Å²) in [6, 6.07) is 0.503. The zero-order valence-electron chi connectivity index (χ0n) is 13.9. The quantitative estimate of drug-likeness (QED) is 0.835. The molecule has 0 aromatic carbocycles. The standard InChI is InChI=1S/C16H29N5/c1-5-14-15(6-2)19-20-16(18-14)21-9-7-8-13(21)11-17-10-12(3)4/h12-13,17H,5-11H2,1-4H3. The van der Waals surface area contributed by atoms with Crippen LogP contribution in [0.4, 0.5) is 5.95 Å². The number of hydrogen-bond acceptors (Lipinski definition) is 5. The lowest BCUT2D eigenvalue weighted by molar-refractivity contribution is 0.508. The van der Waals surface area contributed by atoms with Crippen LogP contribution in [0.3, 0.4) is 0 Å². The Labute approximate surface area is 128 Å². The molecule has 1 aliphatic heterocycles. The van der Waals surface area contributed by atoms with Crippen molar-refractivity contribution in [3.63, 3.8) is 0 Å². The fourth-order valence-electron chi connectivity index (χ4n) is 2.90. The van der Waals surface area contributed by atoms with Crippen molar-refractivity contribution in [2.75, 3.05) is 24.5 Å². The molecule has 1 atom stereocenters. The maximum Gasteiger partial charge on any atom is 0.245 e. The fraction of sp³-hybridized carbons (Fsp3) is 0.812. The normalized spacial score (nSPS) is 18.7. The highest BCUT2D eigenvalue weighted by Crippen LogP contribution is 2.22. The van der Waals surface area contributed by atoms with Crippen LogP contribution >= 0.6 is 0 Å². The third-order valence-electron chi connectivity index (χ3n) is 4.06. The van der Waals surface area contributed by atoms with Gasteiger partial charge in [-0.25, -0.2) is 4.98 Å². The van der Waals surface area contributed by atoms with Crippen LogP contribution in [0.2, 0.25) is 0 Å². The summed E-state index contributed by atoms with van der Waals surface area (Å²) in [6.07, 6.45) is 4.26. The van der Waals surface area contributed by atoms with Crippen molar-refractivity contribution in [1.29, 1.82) is 0 Å². The van der Waals surface area contributed by atoms with Gasteiger partial charge in [0.1, 0.15) is 0 Å². The van der Waals surface area contributed by atoms with E-state index in [0.717, 1.165) is 49.8 Å². The monoisotopic (exact) mass is 291 g/mol. The first kappa shape index (κ1) is 16.1. The van der Waals surface area contributed by atoms with Gasteiger partial charge in [-0.1, -0.05) is 27.7 Å². The first-order chi connectivity index (χ1) is 10.2. The smallest absolute Gasteiger partial charge is 0.245 e. The number of aromatic nitrogens is 3. The molecule has 21 heavy (non-hydrogen) atoms. The average Bonchev–Trinajstić information content (AvgIpc) is 2.94. The molecule has 0 radical (unpaired) electrons. The molecular formula is C16H29N5. The van der Waals surface area contributed by atoms with E-state index >= 15 is 0 Å². The maximum atomic E-state index is 4.76. The van der Waals surface area contributed by atoms with Gasteiger partial charge in [-0.3, -0.25) is 0 Å². The summed E-state index contributed by atoms with van der Waals surface area (Å²) in [6.45, 7) is 11.9. The highest BCUT2D eigenvalue weighted by Gasteiger charge is 2.27. The highest BCUT2D eigenvalue weighted by molar-refractivity contribution is 5.34. The molecule has 1 N–H and O–H groups in total. The second-order valence-corrected chi connectivity index (χ2v) is 6.25. The van der Waals surface area contributed by atoms with E-state index in [-0.39, 0.29) is 0 Å². The van der Waals surface area contributed by atoms with Crippen LogP contribution < -0.4 is 10.2 Å². The Morgan fingerprint density at radius 2 is 1.95 bits per heavy atom. The van der Waals surface area contributed by atoms with Gasteiger partial charge in [0.15, 0.2) is 0 Å². The minimum absolute atomic E-state index is 0.503. The molecule has 118 valence electrons. The number of hydrogen-bond donors (Lipinski definition) is 1. The maximum absolute atomic E-state index is 4.76. The lowest BCUT2D eigenvalue weighted by Crippen LogP contribution is -2.40. The van der Waals surface area contributed by atoms with Gasteiger partial charge >= 0.3 is 0 Å². The van der Waals surface area contributed by atoms with E-state index in [1.807, 2.05) is 0 Å². The second-order valence-electron chi connectivity index (χ2n) is 6.25. The summed E-state index contributed by atoms with van der Waals surface area (Å²) in [4.78, 5) is 7.09. The van der Waals surface area contributed by atoms with E-state index < -0.39 is 0 Å². The van der Waals surface area contributed by atoms with E-state index in [2.05, 4.69) is 48.1 Å². The van der Waals surface area contributed by atoms with Gasteiger partial charge < -0.3 is 10.2 Å². The molecule has 1 saturated heterocycles. The minimum Gasteiger partial charge on any atom is -0.335 e. The SMILES string of the molecule is CCc1nnc(N2CCCC2CNCC(C)C)nc1CC. The van der Waals surface area contributed by atoms with Crippen molar-refractivity contribution in [2.45, 2.75) is 59.4 Å². The predicted molar refractivity (Wildman–Crippen MR) is 86.7 cm³/mol. The van der Waals surface area contributed by atoms with Crippen LogP contribution in [0.5, 0.6) is 0 Å². The molecule has 0 amide bonds. The van der Waals surface area contributed by atoms with E-state index in [1.54, 1.807) is 0 Å². The largest absolute Gasteiger partial charge is 0.335 e. The molecular weight excluding hydrogens is 262 g/mol. The first-order valence-electron chi connectivity index (χ1n) is 8.35. The van der Waals surface area contributed by atoms with Crippen LogP contribution in [0.15, 0.2) is 0 Å². The first-order valence-corrected chi connectivity index (χ1v) is 8.35. The van der Waals surface area contributed by atoms with Crippen LogP contribution in [0.1, 0.15) is 51.9 Å². The number of nitrogens with one attached hydrogen (secondary N) is 1. The Kier molecular flexibility index (Phi) is 5.91. The van der Waals surface area contributed by atoms with Gasteiger partial charge in [0.2, 0.25) is 5.95 Å². The van der Waals surface area contributed by atoms with Gasteiger partial charge in [0.05, 0.1) is 11.4 Å². The van der Waals surface area contributed by atoms with Gasteiger partial charge in [0, 0.05) is 19.1 Å². The van der Waals surface area contributed by atoms with E-state index in [1.165, 1.54) is 12.8 Å². The topological polar surface area (TPSA) is 53.9 Å². The summed E-state index contributed by atoms with van der Waals surface area (Å²) in [5.41, 5.74) is 2.14. The molecule has 2 heterocycles. The minimum atomic E-state index is 0.503. The second kappa shape index (κ2) is 7.69. The average molecular weight is 291 g/mol. The molecule has 0 bridgehead atoms. The van der Waals surface area contributed by atoms with Crippen molar-refractivity contribution in [3.05, 3.63) is 11.4 Å². The molecule has 0 spiro atoms. The lowest BCUT2D eigenvalue weighted by Gasteiger charge is -2.25. The van der Waals surface area contributed by atoms with Crippen molar-refractivity contribution < 1.29 is 0 Å². The zero-order valence-corrected chi connectivity index (χ0v) is 13.9. The van der Waals surface area contributed by atoms with Gasteiger partial charge in [-0.05, 0) is 38.1 Å². The molecule has 0 aliphatic carbocycles. The number of rotatable bonds is 7. The molecule has 5 nitrogen and oxygen atoms in total. The number of anilines is 1. The molecule has 1 unspecified atom stereocenters. The summed E-state index contributed by atoms with van der Waals surface area (Å²) >= 11 is 0. The highest BCUT2D eigenvalue weighted by atomic mass is 15.3. The van der Waals surface area contributed by atoms with Gasteiger partial charge in [0.25, 0.3) is 0 Å². The van der Waals surface area contributed by atoms with Crippen LogP contribution in [0, 0.1) is 5.92 Å². The molecule has 0 saturated carbocycles.